The van der Waals surface area contributed by atoms with E-state index in [2.05, 4.69) is 22.9 Å². The minimum Gasteiger partial charge on any atom is -0.462 e. The summed E-state index contributed by atoms with van der Waals surface area (Å²) >= 11 is 3.33. The van der Waals surface area contributed by atoms with Gasteiger partial charge in [-0.3, -0.25) is 0 Å². The highest BCUT2D eigenvalue weighted by atomic mass is 79.9. The van der Waals surface area contributed by atoms with Crippen LogP contribution in [0.15, 0.2) is 53.0 Å². The van der Waals surface area contributed by atoms with E-state index in [1.807, 2.05) is 0 Å². The highest BCUT2D eigenvalue weighted by molar-refractivity contribution is 9.10. The van der Waals surface area contributed by atoms with Crippen LogP contribution in [-0.2, 0) is 4.74 Å². The van der Waals surface area contributed by atoms with Crippen molar-refractivity contribution >= 4 is 27.9 Å². The van der Waals surface area contributed by atoms with Gasteiger partial charge in [0, 0.05) is 4.47 Å². The number of unbranched alkanes of at least 4 members (excludes halogenated alkanes) is 4. The molecule has 0 N–H and O–H groups in total. The van der Waals surface area contributed by atoms with Crippen molar-refractivity contribution in [2.24, 2.45) is 0 Å². The van der Waals surface area contributed by atoms with Crippen LogP contribution in [0.25, 0.3) is 0 Å². The number of esters is 2. The number of hydrogen-bond donors (Lipinski definition) is 0. The van der Waals surface area contributed by atoms with E-state index in [9.17, 15) is 9.59 Å². The first-order chi connectivity index (χ1) is 12.6. The molecule has 0 aliphatic rings. The van der Waals surface area contributed by atoms with E-state index in [0.29, 0.717) is 12.4 Å². The molecular formula is C21H23BrO4. The van der Waals surface area contributed by atoms with Crippen molar-refractivity contribution in [3.63, 3.8) is 0 Å². The lowest BCUT2D eigenvalue weighted by Crippen LogP contribution is -2.16. The van der Waals surface area contributed by atoms with Gasteiger partial charge in [-0.05, 0) is 42.8 Å². The number of rotatable bonds is 9. The number of hydrogen-bond acceptors (Lipinski definition) is 4. The van der Waals surface area contributed by atoms with E-state index in [-0.39, 0.29) is 11.1 Å². The van der Waals surface area contributed by atoms with Crippen LogP contribution in [0.1, 0.15) is 59.7 Å². The normalized spacial score (nSPS) is 10.4. The van der Waals surface area contributed by atoms with E-state index < -0.39 is 11.9 Å². The monoisotopic (exact) mass is 418 g/mol. The Kier molecular flexibility index (Phi) is 8.35. The average molecular weight is 419 g/mol. The molecule has 0 aliphatic carbocycles. The molecule has 2 rings (SSSR count). The summed E-state index contributed by atoms with van der Waals surface area (Å²) in [5.41, 5.74) is 0.426. The van der Waals surface area contributed by atoms with Gasteiger partial charge in [-0.15, -0.1) is 0 Å². The summed E-state index contributed by atoms with van der Waals surface area (Å²) in [5, 5.41) is 0. The van der Waals surface area contributed by atoms with Crippen LogP contribution in [0, 0.1) is 0 Å². The van der Waals surface area contributed by atoms with Crippen molar-refractivity contribution < 1.29 is 19.1 Å². The second-order valence-electron chi connectivity index (χ2n) is 5.94. The summed E-state index contributed by atoms with van der Waals surface area (Å²) in [7, 11) is 0. The molecule has 26 heavy (non-hydrogen) atoms. The molecule has 138 valence electrons. The Morgan fingerprint density at radius 2 is 1.46 bits per heavy atom. The van der Waals surface area contributed by atoms with Crippen LogP contribution in [0.2, 0.25) is 0 Å². The third-order valence-corrected chi connectivity index (χ3v) is 4.40. The molecule has 0 bridgehead atoms. The van der Waals surface area contributed by atoms with E-state index in [0.717, 1.165) is 23.7 Å². The molecule has 0 aliphatic heterocycles. The third kappa shape index (κ3) is 6.30. The smallest absolute Gasteiger partial charge is 0.344 e. The van der Waals surface area contributed by atoms with Crippen molar-refractivity contribution in [1.82, 2.24) is 0 Å². The minimum atomic E-state index is -0.581. The Morgan fingerprint density at radius 1 is 0.846 bits per heavy atom. The number of benzene rings is 2. The van der Waals surface area contributed by atoms with Crippen LogP contribution in [-0.4, -0.2) is 18.5 Å². The van der Waals surface area contributed by atoms with Gasteiger partial charge < -0.3 is 9.47 Å². The highest BCUT2D eigenvalue weighted by Gasteiger charge is 2.19. The van der Waals surface area contributed by atoms with Gasteiger partial charge in [-0.2, -0.15) is 0 Å². The van der Waals surface area contributed by atoms with Crippen LogP contribution in [0.4, 0.5) is 0 Å². The zero-order chi connectivity index (χ0) is 18.8. The van der Waals surface area contributed by atoms with E-state index in [1.54, 1.807) is 48.5 Å². The Hall–Kier alpha value is -2.14. The fraction of sp³-hybridized carbons (Fsp3) is 0.333. The summed E-state index contributed by atoms with van der Waals surface area (Å²) in [5.74, 6) is -0.663. The molecule has 0 amide bonds. The number of carbonyl (C=O) groups is 2. The molecule has 0 saturated carbocycles. The summed E-state index contributed by atoms with van der Waals surface area (Å²) in [4.78, 5) is 24.8. The lowest BCUT2D eigenvalue weighted by Gasteiger charge is -2.10. The molecular weight excluding hydrogens is 396 g/mol. The fourth-order valence-electron chi connectivity index (χ4n) is 2.45. The second-order valence-corrected chi connectivity index (χ2v) is 6.85. The second kappa shape index (κ2) is 10.8. The van der Waals surface area contributed by atoms with Crippen molar-refractivity contribution in [2.45, 2.75) is 39.0 Å². The van der Waals surface area contributed by atoms with Crippen molar-refractivity contribution in [1.29, 1.82) is 0 Å². The molecule has 0 heterocycles. The molecule has 0 radical (unpaired) electrons. The van der Waals surface area contributed by atoms with Crippen LogP contribution in [0.3, 0.4) is 0 Å². The van der Waals surface area contributed by atoms with Crippen LogP contribution < -0.4 is 4.74 Å². The number of ether oxygens (including phenoxy) is 2. The molecule has 0 saturated heterocycles. The molecule has 0 unspecified atom stereocenters. The van der Waals surface area contributed by atoms with E-state index >= 15 is 0 Å². The van der Waals surface area contributed by atoms with E-state index in [1.165, 1.54) is 12.8 Å². The van der Waals surface area contributed by atoms with Gasteiger partial charge in [0.05, 0.1) is 17.7 Å². The first-order valence-electron chi connectivity index (χ1n) is 8.85. The zero-order valence-electron chi connectivity index (χ0n) is 14.9. The maximum absolute atomic E-state index is 12.4. The molecule has 0 spiro atoms. The summed E-state index contributed by atoms with van der Waals surface area (Å²) in [6, 6.07) is 13.5. The van der Waals surface area contributed by atoms with Gasteiger partial charge in [0.15, 0.2) is 0 Å². The van der Waals surface area contributed by atoms with Crippen LogP contribution in [0.5, 0.6) is 5.75 Å². The summed E-state index contributed by atoms with van der Waals surface area (Å²) < 4.78 is 11.5. The summed E-state index contributed by atoms with van der Waals surface area (Å²) in [6.07, 6.45) is 5.38. The lowest BCUT2D eigenvalue weighted by atomic mass is 10.1. The van der Waals surface area contributed by atoms with Gasteiger partial charge in [0.25, 0.3) is 0 Å². The predicted molar refractivity (Wildman–Crippen MR) is 105 cm³/mol. The van der Waals surface area contributed by atoms with Gasteiger partial charge in [0.1, 0.15) is 5.75 Å². The minimum absolute atomic E-state index is 0.200. The SMILES string of the molecule is CCCCCCCOC(=O)c1ccccc1C(=O)Oc1ccc(Br)cc1. The Bertz CT molecular complexity index is 725. The largest absolute Gasteiger partial charge is 0.462 e. The van der Waals surface area contributed by atoms with E-state index in [4.69, 9.17) is 9.47 Å². The molecule has 2 aromatic rings. The lowest BCUT2D eigenvalue weighted by molar-refractivity contribution is 0.0489. The molecule has 5 heteroatoms. The Balaban J connectivity index is 1.96. The fourth-order valence-corrected chi connectivity index (χ4v) is 2.72. The topological polar surface area (TPSA) is 52.6 Å². The molecule has 4 nitrogen and oxygen atoms in total. The van der Waals surface area contributed by atoms with Crippen molar-refractivity contribution in [2.75, 3.05) is 6.61 Å². The predicted octanol–water partition coefficient (Wildman–Crippen LogP) is 5.80. The number of halogens is 1. The standard InChI is InChI=1S/C21H23BrO4/c1-2-3-4-5-8-15-25-20(23)18-9-6-7-10-19(18)21(24)26-17-13-11-16(22)12-14-17/h6-7,9-14H,2-5,8,15H2,1H3. The molecule has 2 aromatic carbocycles. The Labute approximate surface area is 162 Å². The highest BCUT2D eigenvalue weighted by Crippen LogP contribution is 2.19. The zero-order valence-corrected chi connectivity index (χ0v) is 16.5. The van der Waals surface area contributed by atoms with Crippen LogP contribution >= 0.6 is 15.9 Å². The molecule has 0 fully saturated rings. The van der Waals surface area contributed by atoms with Crippen molar-refractivity contribution in [3.8, 4) is 5.75 Å². The van der Waals surface area contributed by atoms with Gasteiger partial charge in [-0.1, -0.05) is 60.7 Å². The first-order valence-corrected chi connectivity index (χ1v) is 9.65. The maximum atomic E-state index is 12.4. The number of carbonyl (C=O) groups excluding carboxylic acids is 2. The average Bonchev–Trinajstić information content (AvgIpc) is 2.66. The third-order valence-electron chi connectivity index (χ3n) is 3.87. The quantitative estimate of drug-likeness (QED) is 0.293. The molecule has 0 atom stereocenters. The van der Waals surface area contributed by atoms with Gasteiger partial charge >= 0.3 is 11.9 Å². The Morgan fingerprint density at radius 3 is 2.12 bits per heavy atom. The van der Waals surface area contributed by atoms with Crippen molar-refractivity contribution in [3.05, 3.63) is 64.1 Å². The van der Waals surface area contributed by atoms with Gasteiger partial charge in [0.2, 0.25) is 0 Å². The summed E-state index contributed by atoms with van der Waals surface area (Å²) in [6.45, 7) is 2.52. The maximum Gasteiger partial charge on any atom is 0.344 e. The van der Waals surface area contributed by atoms with Gasteiger partial charge in [-0.25, -0.2) is 9.59 Å². The molecule has 0 aromatic heterocycles. The first kappa shape index (κ1) is 20.2.